The van der Waals surface area contributed by atoms with E-state index in [1.54, 1.807) is 0 Å². The number of benzene rings is 1. The second-order valence-electron chi connectivity index (χ2n) is 7.98. The Kier molecular flexibility index (Phi) is 5.75. The lowest BCUT2D eigenvalue weighted by Gasteiger charge is -2.31. The van der Waals surface area contributed by atoms with E-state index in [0.717, 1.165) is 13.0 Å². The van der Waals surface area contributed by atoms with E-state index in [1.165, 1.54) is 23.2 Å². The molecule has 0 saturated carbocycles. The molecular weight excluding hydrogens is 300 g/mol. The lowest BCUT2D eigenvalue weighted by molar-refractivity contribution is 0.224. The van der Waals surface area contributed by atoms with Gasteiger partial charge < -0.3 is 20.4 Å². The van der Waals surface area contributed by atoms with Crippen LogP contribution < -0.4 is 15.5 Å². The molecule has 0 radical (unpaired) electrons. The number of rotatable bonds is 4. The molecule has 2 N–H and O–H groups in total. The molecular formula is C19H32N4O. The van der Waals surface area contributed by atoms with Gasteiger partial charge in [-0.05, 0) is 64.9 Å². The minimum Gasteiger partial charge on any atom is -0.374 e. The third-order valence-electron chi connectivity index (χ3n) is 4.41. The summed E-state index contributed by atoms with van der Waals surface area (Å²) in [7, 11) is 6.26. The maximum absolute atomic E-state index is 12.0. The Balaban J connectivity index is 2.09. The first-order valence-electron chi connectivity index (χ1n) is 8.74. The molecule has 5 heteroatoms. The van der Waals surface area contributed by atoms with Gasteiger partial charge in [-0.25, -0.2) is 4.79 Å². The smallest absolute Gasteiger partial charge is 0.315 e. The Hall–Kier alpha value is -1.75. The van der Waals surface area contributed by atoms with Gasteiger partial charge in [-0.1, -0.05) is 12.1 Å². The molecule has 1 unspecified atom stereocenters. The third-order valence-corrected chi connectivity index (χ3v) is 4.41. The van der Waals surface area contributed by atoms with Gasteiger partial charge in [0, 0.05) is 31.4 Å². The number of carbonyl (C=O) groups excluding carboxylic acids is 1. The number of fused-ring (bicyclic) bond motifs is 1. The molecule has 2 amide bonds. The zero-order chi connectivity index (χ0) is 17.9. The molecule has 0 aliphatic carbocycles. The second-order valence-corrected chi connectivity index (χ2v) is 7.98. The van der Waals surface area contributed by atoms with Crippen molar-refractivity contribution >= 4 is 11.7 Å². The molecule has 1 atom stereocenters. The highest BCUT2D eigenvalue weighted by Crippen LogP contribution is 2.29. The number of hydrogen-bond acceptors (Lipinski definition) is 3. The largest absolute Gasteiger partial charge is 0.374 e. The van der Waals surface area contributed by atoms with E-state index >= 15 is 0 Å². The summed E-state index contributed by atoms with van der Waals surface area (Å²) in [5.41, 5.74) is 3.77. The standard InChI is InChI=1S/C19H32N4O/c1-19(2,3)21-18(24)20-13-17(22(4)5)15-9-10-16-14(12-15)8-7-11-23(16)6/h9-10,12,17H,7-8,11,13H2,1-6H3,(H2,20,21,24). The van der Waals surface area contributed by atoms with Crippen molar-refractivity contribution in [3.05, 3.63) is 29.3 Å². The number of likely N-dealkylation sites (N-methyl/N-ethyl adjacent to an activating group) is 1. The molecule has 0 fully saturated rings. The SMILES string of the molecule is CN1CCCc2cc(C(CNC(=O)NC(C)(C)C)N(C)C)ccc21. The highest BCUT2D eigenvalue weighted by molar-refractivity contribution is 5.74. The Morgan fingerprint density at radius 3 is 2.67 bits per heavy atom. The number of carbonyl (C=O) groups is 1. The first-order valence-corrected chi connectivity index (χ1v) is 8.74. The Morgan fingerprint density at radius 2 is 2.04 bits per heavy atom. The van der Waals surface area contributed by atoms with Crippen LogP contribution in [0, 0.1) is 0 Å². The first kappa shape index (κ1) is 18.6. The van der Waals surface area contributed by atoms with Crippen molar-refractivity contribution in [2.45, 2.75) is 45.2 Å². The summed E-state index contributed by atoms with van der Waals surface area (Å²) in [6.07, 6.45) is 2.33. The zero-order valence-electron chi connectivity index (χ0n) is 15.9. The number of amides is 2. The summed E-state index contributed by atoms with van der Waals surface area (Å²) in [5.74, 6) is 0. The lowest BCUT2D eigenvalue weighted by Crippen LogP contribution is -2.48. The topological polar surface area (TPSA) is 47.6 Å². The van der Waals surface area contributed by atoms with Crippen molar-refractivity contribution in [3.8, 4) is 0 Å². The van der Waals surface area contributed by atoms with E-state index in [-0.39, 0.29) is 17.6 Å². The van der Waals surface area contributed by atoms with E-state index in [0.29, 0.717) is 6.54 Å². The fourth-order valence-electron chi connectivity index (χ4n) is 3.19. The maximum atomic E-state index is 12.0. The lowest BCUT2D eigenvalue weighted by atomic mass is 9.96. The fourth-order valence-corrected chi connectivity index (χ4v) is 3.19. The van der Waals surface area contributed by atoms with Crippen molar-refractivity contribution in [1.82, 2.24) is 15.5 Å². The first-order chi connectivity index (χ1) is 11.2. The number of urea groups is 1. The molecule has 1 aromatic rings. The molecule has 134 valence electrons. The van der Waals surface area contributed by atoms with E-state index in [9.17, 15) is 4.79 Å². The highest BCUT2D eigenvalue weighted by Gasteiger charge is 2.20. The molecule has 5 nitrogen and oxygen atoms in total. The van der Waals surface area contributed by atoms with Gasteiger partial charge in [-0.15, -0.1) is 0 Å². The summed E-state index contributed by atoms with van der Waals surface area (Å²) in [6, 6.07) is 6.75. The molecule has 0 saturated heterocycles. The minimum absolute atomic E-state index is 0.118. The molecule has 2 rings (SSSR count). The van der Waals surface area contributed by atoms with Gasteiger partial charge in [0.15, 0.2) is 0 Å². The average Bonchev–Trinajstić information content (AvgIpc) is 2.45. The predicted octanol–water partition coefficient (Wildman–Crippen LogP) is 2.77. The van der Waals surface area contributed by atoms with Gasteiger partial charge in [0.1, 0.15) is 0 Å². The van der Waals surface area contributed by atoms with Crippen molar-refractivity contribution in [2.75, 3.05) is 39.1 Å². The van der Waals surface area contributed by atoms with Gasteiger partial charge in [0.2, 0.25) is 0 Å². The molecule has 1 aliphatic rings. The van der Waals surface area contributed by atoms with Crippen molar-refractivity contribution in [3.63, 3.8) is 0 Å². The van der Waals surface area contributed by atoms with Crippen LogP contribution in [0.1, 0.15) is 44.4 Å². The van der Waals surface area contributed by atoms with E-state index < -0.39 is 0 Å². The van der Waals surface area contributed by atoms with Crippen molar-refractivity contribution in [2.24, 2.45) is 0 Å². The number of anilines is 1. The monoisotopic (exact) mass is 332 g/mol. The highest BCUT2D eigenvalue weighted by atomic mass is 16.2. The quantitative estimate of drug-likeness (QED) is 0.891. The van der Waals surface area contributed by atoms with Crippen LogP contribution in [0.5, 0.6) is 0 Å². The van der Waals surface area contributed by atoms with Crippen LogP contribution in [0.25, 0.3) is 0 Å². The minimum atomic E-state index is -0.228. The normalized spacial score (nSPS) is 15.9. The van der Waals surface area contributed by atoms with Crippen LogP contribution in [0.4, 0.5) is 10.5 Å². The van der Waals surface area contributed by atoms with Gasteiger partial charge in [0.25, 0.3) is 0 Å². The molecule has 24 heavy (non-hydrogen) atoms. The van der Waals surface area contributed by atoms with Crippen LogP contribution in [0.3, 0.4) is 0 Å². The summed E-state index contributed by atoms with van der Waals surface area (Å²) in [6.45, 7) is 7.66. The zero-order valence-corrected chi connectivity index (χ0v) is 15.9. The van der Waals surface area contributed by atoms with Gasteiger partial charge in [-0.3, -0.25) is 0 Å². The van der Waals surface area contributed by atoms with E-state index in [2.05, 4.69) is 59.8 Å². The summed E-state index contributed by atoms with van der Waals surface area (Å²) >= 11 is 0. The summed E-state index contributed by atoms with van der Waals surface area (Å²) < 4.78 is 0. The Labute approximate surface area is 146 Å². The molecule has 1 aliphatic heterocycles. The van der Waals surface area contributed by atoms with Gasteiger partial charge >= 0.3 is 6.03 Å². The van der Waals surface area contributed by atoms with Crippen LogP contribution in [-0.4, -0.2) is 50.7 Å². The molecule has 0 bridgehead atoms. The number of nitrogens with one attached hydrogen (secondary N) is 2. The summed E-state index contributed by atoms with van der Waals surface area (Å²) in [5, 5.41) is 5.95. The molecule has 1 aromatic carbocycles. The Bertz CT molecular complexity index is 577. The molecule has 0 spiro atoms. The predicted molar refractivity (Wildman–Crippen MR) is 101 cm³/mol. The van der Waals surface area contributed by atoms with Crippen LogP contribution in [0.15, 0.2) is 18.2 Å². The van der Waals surface area contributed by atoms with Crippen LogP contribution in [-0.2, 0) is 6.42 Å². The van der Waals surface area contributed by atoms with Gasteiger partial charge in [0.05, 0.1) is 6.04 Å². The second kappa shape index (κ2) is 7.43. The van der Waals surface area contributed by atoms with E-state index in [1.807, 2.05) is 20.8 Å². The number of aryl methyl sites for hydroxylation is 1. The average molecular weight is 332 g/mol. The van der Waals surface area contributed by atoms with Crippen molar-refractivity contribution in [1.29, 1.82) is 0 Å². The molecule has 1 heterocycles. The third kappa shape index (κ3) is 4.87. The number of nitrogens with zero attached hydrogens (tertiary/aromatic N) is 2. The van der Waals surface area contributed by atoms with Gasteiger partial charge in [-0.2, -0.15) is 0 Å². The Morgan fingerprint density at radius 1 is 1.33 bits per heavy atom. The maximum Gasteiger partial charge on any atom is 0.315 e. The van der Waals surface area contributed by atoms with Crippen LogP contribution >= 0.6 is 0 Å². The van der Waals surface area contributed by atoms with Crippen LogP contribution in [0.2, 0.25) is 0 Å². The summed E-state index contributed by atoms with van der Waals surface area (Å²) in [4.78, 5) is 16.5. The van der Waals surface area contributed by atoms with E-state index in [4.69, 9.17) is 0 Å². The fraction of sp³-hybridized carbons (Fsp3) is 0.632. The number of hydrogen-bond donors (Lipinski definition) is 2. The van der Waals surface area contributed by atoms with Crippen molar-refractivity contribution < 1.29 is 4.79 Å². The molecule has 0 aromatic heterocycles.